The number of esters is 1. The molecule has 1 atom stereocenters. The monoisotopic (exact) mass is 243 g/mol. The van der Waals surface area contributed by atoms with Crippen LogP contribution in [0.5, 0.6) is 0 Å². The Bertz CT molecular complexity index is 272. The number of carboxylic acids is 1. The lowest BCUT2D eigenvalue weighted by Crippen LogP contribution is -2.43. The first kappa shape index (κ1) is 14.0. The van der Waals surface area contributed by atoms with Crippen LogP contribution in [0.2, 0.25) is 0 Å². The molecule has 98 valence electrons. The topological polar surface area (TPSA) is 75.6 Å². The Labute approximate surface area is 102 Å². The van der Waals surface area contributed by atoms with Crippen LogP contribution in [0.4, 0.5) is 0 Å². The SMILES string of the molecule is CCOC(=O)C1CCC(N[C@H](C)C(=O)O)CC1. The number of rotatable bonds is 5. The first-order valence-electron chi connectivity index (χ1n) is 6.20. The summed E-state index contributed by atoms with van der Waals surface area (Å²) in [5, 5.41) is 11.8. The normalized spacial score (nSPS) is 26.2. The van der Waals surface area contributed by atoms with E-state index >= 15 is 0 Å². The summed E-state index contributed by atoms with van der Waals surface area (Å²) in [5.74, 6) is -0.956. The van der Waals surface area contributed by atoms with Crippen molar-refractivity contribution < 1.29 is 19.4 Å². The molecule has 17 heavy (non-hydrogen) atoms. The molecule has 1 aliphatic carbocycles. The number of aliphatic carboxylic acids is 1. The van der Waals surface area contributed by atoms with Gasteiger partial charge in [0.1, 0.15) is 6.04 Å². The maximum absolute atomic E-state index is 11.5. The van der Waals surface area contributed by atoms with Crippen LogP contribution in [0.3, 0.4) is 0 Å². The van der Waals surface area contributed by atoms with E-state index in [0.29, 0.717) is 6.61 Å². The molecule has 1 rings (SSSR count). The van der Waals surface area contributed by atoms with Gasteiger partial charge in [0.25, 0.3) is 0 Å². The molecule has 0 unspecified atom stereocenters. The van der Waals surface area contributed by atoms with Crippen molar-refractivity contribution in [3.8, 4) is 0 Å². The zero-order chi connectivity index (χ0) is 12.8. The van der Waals surface area contributed by atoms with Crippen LogP contribution < -0.4 is 5.32 Å². The second-order valence-corrected chi connectivity index (χ2v) is 4.53. The van der Waals surface area contributed by atoms with E-state index in [1.54, 1.807) is 13.8 Å². The van der Waals surface area contributed by atoms with Crippen LogP contribution in [0.1, 0.15) is 39.5 Å². The zero-order valence-corrected chi connectivity index (χ0v) is 10.4. The lowest BCUT2D eigenvalue weighted by Gasteiger charge is -2.29. The maximum Gasteiger partial charge on any atom is 0.320 e. The Balaban J connectivity index is 2.30. The third kappa shape index (κ3) is 4.34. The van der Waals surface area contributed by atoms with Crippen LogP contribution in [-0.4, -0.2) is 35.7 Å². The summed E-state index contributed by atoms with van der Waals surface area (Å²) >= 11 is 0. The molecule has 0 amide bonds. The lowest BCUT2D eigenvalue weighted by molar-refractivity contribution is -0.149. The fraction of sp³-hybridized carbons (Fsp3) is 0.833. The molecule has 0 bridgehead atoms. The Hall–Kier alpha value is -1.10. The summed E-state index contributed by atoms with van der Waals surface area (Å²) in [6, 6.07) is -0.328. The van der Waals surface area contributed by atoms with Crippen molar-refractivity contribution in [1.82, 2.24) is 5.32 Å². The highest BCUT2D eigenvalue weighted by atomic mass is 16.5. The molecule has 5 nitrogen and oxygen atoms in total. The second-order valence-electron chi connectivity index (χ2n) is 4.53. The van der Waals surface area contributed by atoms with Crippen LogP contribution in [0.15, 0.2) is 0 Å². The number of ether oxygens (including phenoxy) is 1. The predicted molar refractivity (Wildman–Crippen MR) is 62.6 cm³/mol. The standard InChI is InChI=1S/C12H21NO4/c1-3-17-12(16)9-4-6-10(7-5-9)13-8(2)11(14)15/h8-10,13H,3-7H2,1-2H3,(H,14,15)/t8-,9?,10?/m1/s1. The lowest BCUT2D eigenvalue weighted by atomic mass is 9.86. The number of nitrogens with one attached hydrogen (secondary N) is 1. The molecule has 0 spiro atoms. The third-order valence-electron chi connectivity index (χ3n) is 3.20. The van der Waals surface area contributed by atoms with Gasteiger partial charge in [-0.1, -0.05) is 0 Å². The fourth-order valence-corrected chi connectivity index (χ4v) is 2.18. The number of hydrogen-bond donors (Lipinski definition) is 2. The minimum atomic E-state index is -0.836. The first-order valence-corrected chi connectivity index (χ1v) is 6.20. The second kappa shape index (κ2) is 6.59. The molecule has 2 N–H and O–H groups in total. The molecule has 1 aliphatic rings. The minimum absolute atomic E-state index is 0.00636. The van der Waals surface area contributed by atoms with Gasteiger partial charge in [-0.25, -0.2) is 0 Å². The largest absolute Gasteiger partial charge is 0.480 e. The predicted octanol–water partition coefficient (Wildman–Crippen LogP) is 1.17. The average molecular weight is 243 g/mol. The van der Waals surface area contributed by atoms with Crippen LogP contribution in [-0.2, 0) is 14.3 Å². The zero-order valence-electron chi connectivity index (χ0n) is 10.4. The Kier molecular flexibility index (Phi) is 5.41. The van der Waals surface area contributed by atoms with Gasteiger partial charge in [-0.15, -0.1) is 0 Å². The highest BCUT2D eigenvalue weighted by molar-refractivity contribution is 5.73. The maximum atomic E-state index is 11.5. The molecule has 0 saturated heterocycles. The van der Waals surface area contributed by atoms with Crippen molar-refractivity contribution in [3.05, 3.63) is 0 Å². The van der Waals surface area contributed by atoms with E-state index in [-0.39, 0.29) is 17.9 Å². The molecular formula is C12H21NO4. The fourth-order valence-electron chi connectivity index (χ4n) is 2.18. The summed E-state index contributed by atoms with van der Waals surface area (Å²) in [6.45, 7) is 3.87. The van der Waals surface area contributed by atoms with Gasteiger partial charge >= 0.3 is 11.9 Å². The quantitative estimate of drug-likeness (QED) is 0.709. The van der Waals surface area contributed by atoms with Crippen molar-refractivity contribution in [2.45, 2.75) is 51.6 Å². The molecule has 0 radical (unpaired) electrons. The van der Waals surface area contributed by atoms with E-state index in [4.69, 9.17) is 9.84 Å². The molecule has 5 heteroatoms. The van der Waals surface area contributed by atoms with E-state index < -0.39 is 12.0 Å². The van der Waals surface area contributed by atoms with Crippen LogP contribution in [0.25, 0.3) is 0 Å². The Morgan fingerprint density at radius 1 is 1.35 bits per heavy atom. The molecule has 0 aliphatic heterocycles. The minimum Gasteiger partial charge on any atom is -0.480 e. The molecular weight excluding hydrogens is 222 g/mol. The molecule has 0 aromatic heterocycles. The van der Waals surface area contributed by atoms with E-state index in [9.17, 15) is 9.59 Å². The average Bonchev–Trinajstić information content (AvgIpc) is 2.30. The Morgan fingerprint density at radius 2 is 1.94 bits per heavy atom. The number of hydrogen-bond acceptors (Lipinski definition) is 4. The van der Waals surface area contributed by atoms with E-state index in [0.717, 1.165) is 25.7 Å². The van der Waals surface area contributed by atoms with Crippen molar-refractivity contribution in [1.29, 1.82) is 0 Å². The molecule has 0 aromatic carbocycles. The third-order valence-corrected chi connectivity index (χ3v) is 3.20. The molecule has 1 saturated carbocycles. The highest BCUT2D eigenvalue weighted by Gasteiger charge is 2.28. The number of carbonyl (C=O) groups excluding carboxylic acids is 1. The van der Waals surface area contributed by atoms with Crippen molar-refractivity contribution in [2.24, 2.45) is 5.92 Å². The summed E-state index contributed by atoms with van der Waals surface area (Å²) in [7, 11) is 0. The van der Waals surface area contributed by atoms with Crippen LogP contribution in [0, 0.1) is 5.92 Å². The van der Waals surface area contributed by atoms with Gasteiger partial charge in [0, 0.05) is 6.04 Å². The van der Waals surface area contributed by atoms with Gasteiger partial charge in [-0.2, -0.15) is 0 Å². The summed E-state index contributed by atoms with van der Waals surface area (Å²) in [5.41, 5.74) is 0. The van der Waals surface area contributed by atoms with Gasteiger partial charge in [-0.3, -0.25) is 9.59 Å². The molecule has 0 aromatic rings. The van der Waals surface area contributed by atoms with Crippen molar-refractivity contribution in [2.75, 3.05) is 6.61 Å². The van der Waals surface area contributed by atoms with Gasteiger partial charge in [0.05, 0.1) is 12.5 Å². The van der Waals surface area contributed by atoms with E-state index in [2.05, 4.69) is 5.32 Å². The van der Waals surface area contributed by atoms with Gasteiger partial charge < -0.3 is 15.2 Å². The number of carbonyl (C=O) groups is 2. The van der Waals surface area contributed by atoms with Gasteiger partial charge in [0.2, 0.25) is 0 Å². The van der Waals surface area contributed by atoms with Crippen molar-refractivity contribution in [3.63, 3.8) is 0 Å². The smallest absolute Gasteiger partial charge is 0.320 e. The van der Waals surface area contributed by atoms with Crippen LogP contribution >= 0.6 is 0 Å². The van der Waals surface area contributed by atoms with Crippen molar-refractivity contribution >= 4 is 11.9 Å². The summed E-state index contributed by atoms with van der Waals surface area (Å²) in [4.78, 5) is 22.2. The van der Waals surface area contributed by atoms with E-state index in [1.165, 1.54) is 0 Å². The van der Waals surface area contributed by atoms with Gasteiger partial charge in [-0.05, 0) is 39.5 Å². The van der Waals surface area contributed by atoms with Gasteiger partial charge in [0.15, 0.2) is 0 Å². The Morgan fingerprint density at radius 3 is 2.41 bits per heavy atom. The van der Waals surface area contributed by atoms with E-state index in [1.807, 2.05) is 0 Å². The first-order chi connectivity index (χ1) is 8.04. The summed E-state index contributed by atoms with van der Waals surface area (Å²) in [6.07, 6.45) is 3.23. The molecule has 0 heterocycles. The highest BCUT2D eigenvalue weighted by Crippen LogP contribution is 2.25. The summed E-state index contributed by atoms with van der Waals surface area (Å²) < 4.78 is 4.98. The molecule has 1 fully saturated rings. The number of carboxylic acid groups (broad SMARTS) is 1.